The molecule has 1 saturated carbocycles. The van der Waals surface area contributed by atoms with Gasteiger partial charge in [0.05, 0.1) is 37.8 Å². The minimum absolute atomic E-state index is 0.00789. The summed E-state index contributed by atoms with van der Waals surface area (Å²) in [6.07, 6.45) is -4.14. The lowest BCUT2D eigenvalue weighted by Gasteiger charge is -2.15. The van der Waals surface area contributed by atoms with Gasteiger partial charge < -0.3 is 10.4 Å². The summed E-state index contributed by atoms with van der Waals surface area (Å²) < 4.78 is 82.6. The number of nitrogens with zero attached hydrogens (tertiary/aromatic N) is 2. The summed E-state index contributed by atoms with van der Waals surface area (Å²) in [4.78, 5) is 21.2. The number of carbonyl (C=O) groups is 1. The molecule has 3 N–H and O–H groups in total. The van der Waals surface area contributed by atoms with Gasteiger partial charge in [0, 0.05) is 24.2 Å². The van der Waals surface area contributed by atoms with E-state index in [1.54, 1.807) is 0 Å². The highest BCUT2D eigenvalue weighted by Crippen LogP contribution is 2.36. The molecule has 0 saturated heterocycles. The number of halogens is 4. The Morgan fingerprint density at radius 1 is 1.28 bits per heavy atom. The topological polar surface area (TPSA) is 148 Å². The molecule has 4 rings (SSSR count). The van der Waals surface area contributed by atoms with Crippen LogP contribution in [0.15, 0.2) is 52.6 Å². The molecule has 0 bridgehead atoms. The summed E-state index contributed by atoms with van der Waals surface area (Å²) in [5, 5.41) is 13.2. The minimum Gasteiger partial charge on any atom is -0.390 e. The summed E-state index contributed by atoms with van der Waals surface area (Å²) in [5.74, 6) is -0.504. The van der Waals surface area contributed by atoms with Crippen LogP contribution in [0.25, 0.3) is 0 Å². The van der Waals surface area contributed by atoms with Crippen molar-refractivity contribution in [2.24, 2.45) is 0 Å². The van der Waals surface area contributed by atoms with E-state index in [0.29, 0.717) is 0 Å². The van der Waals surface area contributed by atoms with Crippen LogP contribution >= 0.6 is 22.9 Å². The molecule has 0 aliphatic heterocycles. The molecular formula is C22H20ClF3N4O6S3. The number of ketones is 1. The molecule has 2 aromatic heterocycles. The second kappa shape index (κ2) is 11.6. The van der Waals surface area contributed by atoms with Crippen LogP contribution in [0, 0.1) is 0 Å². The van der Waals surface area contributed by atoms with Gasteiger partial charge in [-0.1, -0.05) is 17.7 Å². The summed E-state index contributed by atoms with van der Waals surface area (Å²) in [6.45, 7) is 0. The number of benzene rings is 1. The maximum absolute atomic E-state index is 13.3. The Kier molecular flexibility index (Phi) is 8.75. The van der Waals surface area contributed by atoms with Crippen LogP contribution < -0.4 is 10.0 Å². The van der Waals surface area contributed by atoms with Gasteiger partial charge in [-0.3, -0.25) is 8.98 Å². The fraction of sp³-hybridized carbons (Fsp3) is 0.318. The third-order valence-electron chi connectivity index (χ3n) is 5.72. The predicted octanol–water partition coefficient (Wildman–Crippen LogP) is 3.39. The first-order valence-corrected chi connectivity index (χ1v) is 14.8. The number of alkyl halides is 3. The number of anilines is 1. The lowest BCUT2D eigenvalue weighted by molar-refractivity contribution is -0.137. The summed E-state index contributed by atoms with van der Waals surface area (Å²) in [6, 6.07) is 4.75. The van der Waals surface area contributed by atoms with Gasteiger partial charge in [-0.2, -0.15) is 26.3 Å². The zero-order valence-corrected chi connectivity index (χ0v) is 23.0. The molecule has 10 nitrogen and oxygen atoms in total. The quantitative estimate of drug-likeness (QED) is 0.305. The smallest absolute Gasteiger partial charge is 0.390 e. The van der Waals surface area contributed by atoms with E-state index in [1.807, 2.05) is 4.72 Å². The van der Waals surface area contributed by atoms with Crippen LogP contribution in [-0.4, -0.2) is 58.8 Å². The van der Waals surface area contributed by atoms with Crippen LogP contribution in [0.3, 0.4) is 0 Å². The number of rotatable bonds is 9. The highest BCUT2D eigenvalue weighted by molar-refractivity contribution is 7.85. The van der Waals surface area contributed by atoms with Gasteiger partial charge in [-0.05, 0) is 37.1 Å². The Balaban J connectivity index is 1.54. The summed E-state index contributed by atoms with van der Waals surface area (Å²) in [5.41, 5.74) is -0.963. The largest absolute Gasteiger partial charge is 0.416 e. The van der Waals surface area contributed by atoms with Gasteiger partial charge in [0.2, 0.25) is 5.78 Å². The molecule has 0 unspecified atom stereocenters. The van der Waals surface area contributed by atoms with Gasteiger partial charge in [0.25, 0.3) is 0 Å². The van der Waals surface area contributed by atoms with Crippen molar-refractivity contribution in [2.45, 2.75) is 47.1 Å². The zero-order chi connectivity index (χ0) is 28.5. The molecule has 0 radical (unpaired) electrons. The molecule has 4 atom stereocenters. The van der Waals surface area contributed by atoms with Gasteiger partial charge in [0.15, 0.2) is 0 Å². The van der Waals surface area contributed by atoms with E-state index in [4.69, 9.17) is 15.8 Å². The number of hydrogen-bond acceptors (Lipinski definition) is 10. The first kappa shape index (κ1) is 29.5. The number of nitrogens with one attached hydrogen (secondary N) is 2. The molecule has 3 aromatic rings. The number of aliphatic hydroxyl groups excluding tert-OH is 1. The van der Waals surface area contributed by atoms with Crippen LogP contribution in [0.5, 0.6) is 0 Å². The second-order valence-electron chi connectivity index (χ2n) is 8.33. The first-order chi connectivity index (χ1) is 18.3. The molecule has 2 heterocycles. The SMILES string of the molecule is CNS(=O)(=O)O[C@@H]1C[C@H](Nc2ncncc2C(=O)c2cc([S@@](=O)c3cccc(C(F)(F)F)c3)c(Cl)s2)C[C@@H]1O. The van der Waals surface area contributed by atoms with Crippen molar-refractivity contribution in [3.8, 4) is 0 Å². The normalized spacial score (nSPS) is 20.6. The number of aromatic nitrogens is 2. The lowest BCUT2D eigenvalue weighted by Crippen LogP contribution is -2.31. The average molecular weight is 625 g/mol. The molecule has 210 valence electrons. The van der Waals surface area contributed by atoms with E-state index in [1.165, 1.54) is 31.7 Å². The van der Waals surface area contributed by atoms with E-state index >= 15 is 0 Å². The molecular weight excluding hydrogens is 605 g/mol. The van der Waals surface area contributed by atoms with Crippen molar-refractivity contribution in [2.75, 3.05) is 12.4 Å². The molecule has 17 heteroatoms. The Morgan fingerprint density at radius 3 is 2.72 bits per heavy atom. The fourth-order valence-corrected chi connectivity index (χ4v) is 7.21. The first-order valence-electron chi connectivity index (χ1n) is 11.1. The Morgan fingerprint density at radius 2 is 2.03 bits per heavy atom. The van der Waals surface area contributed by atoms with Crippen molar-refractivity contribution in [3.63, 3.8) is 0 Å². The standard InChI is InChI=1S/C22H20ClF3N4O6S3/c1-27-39(34,35)36-16-7-12(6-15(16)31)30-21-14(9-28-10-29-21)19(32)17-8-18(20(23)37-17)38(33)13-4-2-3-11(5-13)22(24,25)26/h2-5,8-10,12,15-16,27,31H,6-7H2,1H3,(H,28,29,30)/t12-,15+,16-,38+/m1/s1. The summed E-state index contributed by atoms with van der Waals surface area (Å²) in [7, 11) is -4.97. The van der Waals surface area contributed by atoms with Crippen molar-refractivity contribution >= 4 is 55.6 Å². The van der Waals surface area contributed by atoms with Crippen molar-refractivity contribution in [3.05, 3.63) is 63.2 Å². The number of aliphatic hydroxyl groups is 1. The molecule has 1 aliphatic carbocycles. The van der Waals surface area contributed by atoms with Crippen LogP contribution in [0.1, 0.15) is 33.6 Å². The zero-order valence-electron chi connectivity index (χ0n) is 19.8. The van der Waals surface area contributed by atoms with Gasteiger partial charge in [0.1, 0.15) is 22.6 Å². The molecule has 1 aromatic carbocycles. The lowest BCUT2D eigenvalue weighted by atomic mass is 10.1. The number of carbonyl (C=O) groups excluding carboxylic acids is 1. The van der Waals surface area contributed by atoms with Gasteiger partial charge in [-0.25, -0.2) is 14.2 Å². The Hall–Kier alpha value is -2.47. The van der Waals surface area contributed by atoms with Crippen LogP contribution in [-0.2, 0) is 31.5 Å². The molecule has 0 spiro atoms. The highest BCUT2D eigenvalue weighted by Gasteiger charge is 2.37. The third-order valence-corrected chi connectivity index (χ3v) is 9.73. The van der Waals surface area contributed by atoms with Gasteiger partial charge in [-0.15, -0.1) is 11.3 Å². The third kappa shape index (κ3) is 6.82. The number of thiophene rings is 1. The Bertz CT molecular complexity index is 1520. The van der Waals surface area contributed by atoms with E-state index in [0.717, 1.165) is 29.5 Å². The van der Waals surface area contributed by atoms with Crippen molar-refractivity contribution in [1.29, 1.82) is 0 Å². The van der Waals surface area contributed by atoms with E-state index in [-0.39, 0.29) is 43.2 Å². The van der Waals surface area contributed by atoms with Crippen LogP contribution in [0.4, 0.5) is 19.0 Å². The maximum atomic E-state index is 13.3. The van der Waals surface area contributed by atoms with Crippen molar-refractivity contribution < 1.29 is 39.9 Å². The maximum Gasteiger partial charge on any atom is 0.416 e. The molecule has 1 aliphatic rings. The summed E-state index contributed by atoms with van der Waals surface area (Å²) >= 11 is 7.03. The monoisotopic (exact) mass is 624 g/mol. The number of hydrogen-bond donors (Lipinski definition) is 3. The van der Waals surface area contributed by atoms with Crippen molar-refractivity contribution in [1.82, 2.24) is 14.7 Å². The van der Waals surface area contributed by atoms with E-state index in [2.05, 4.69) is 15.3 Å². The predicted molar refractivity (Wildman–Crippen MR) is 136 cm³/mol. The second-order valence-corrected chi connectivity index (χ2v) is 12.9. The highest BCUT2D eigenvalue weighted by atomic mass is 35.5. The fourth-order valence-electron chi connectivity index (χ4n) is 3.85. The van der Waals surface area contributed by atoms with E-state index in [9.17, 15) is 35.7 Å². The molecule has 1 fully saturated rings. The molecule has 39 heavy (non-hydrogen) atoms. The minimum atomic E-state index is -4.63. The van der Waals surface area contributed by atoms with E-state index < -0.39 is 56.9 Å². The average Bonchev–Trinajstić information content (AvgIpc) is 3.44. The van der Waals surface area contributed by atoms with Crippen LogP contribution in [0.2, 0.25) is 4.34 Å². The molecule has 0 amide bonds. The van der Waals surface area contributed by atoms with Gasteiger partial charge >= 0.3 is 16.5 Å². The Labute approximate surface area is 232 Å².